The molecule has 0 aliphatic rings. The van der Waals surface area contributed by atoms with Crippen LogP contribution in [-0.2, 0) is 7.05 Å². The number of carboxylic acids is 1. The molecule has 0 radical (unpaired) electrons. The van der Waals surface area contributed by atoms with E-state index < -0.39 is 16.7 Å². The van der Waals surface area contributed by atoms with Crippen LogP contribution in [-0.4, -0.2) is 25.6 Å². The Kier molecular flexibility index (Phi) is 3.15. The number of imidazole rings is 1. The normalized spacial score (nSPS) is 10.2. The Hall–Kier alpha value is -2.90. The van der Waals surface area contributed by atoms with Crippen LogP contribution >= 0.6 is 0 Å². The molecule has 1 aromatic carbocycles. The van der Waals surface area contributed by atoms with Gasteiger partial charge in [0, 0.05) is 7.05 Å². The van der Waals surface area contributed by atoms with E-state index >= 15 is 0 Å². The first kappa shape index (κ1) is 12.6. The number of carbonyl (C=O) groups is 1. The lowest BCUT2D eigenvalue weighted by molar-refractivity contribution is -0.390. The van der Waals surface area contributed by atoms with Crippen molar-refractivity contribution < 1.29 is 19.6 Å². The summed E-state index contributed by atoms with van der Waals surface area (Å²) >= 11 is 0. The molecule has 0 aliphatic heterocycles. The molecule has 0 amide bonds. The third-order valence-electron chi connectivity index (χ3n) is 2.33. The van der Waals surface area contributed by atoms with E-state index in [9.17, 15) is 14.9 Å². The summed E-state index contributed by atoms with van der Waals surface area (Å²) in [6, 6.07) is 5.66. The van der Waals surface area contributed by atoms with Crippen LogP contribution in [0.4, 0.5) is 5.82 Å². The lowest BCUT2D eigenvalue weighted by Crippen LogP contribution is -1.99. The second-order valence-corrected chi connectivity index (χ2v) is 3.68. The fourth-order valence-electron chi connectivity index (χ4n) is 1.45. The highest BCUT2D eigenvalue weighted by Crippen LogP contribution is 2.29. The third-order valence-corrected chi connectivity index (χ3v) is 2.33. The minimum Gasteiger partial charge on any atom is -0.478 e. The van der Waals surface area contributed by atoms with Gasteiger partial charge in [0.2, 0.25) is 6.33 Å². The molecule has 1 heterocycles. The fourth-order valence-corrected chi connectivity index (χ4v) is 1.45. The van der Waals surface area contributed by atoms with Crippen molar-refractivity contribution in [3.63, 3.8) is 0 Å². The van der Waals surface area contributed by atoms with Gasteiger partial charge in [-0.3, -0.25) is 4.57 Å². The maximum absolute atomic E-state index is 10.8. The zero-order valence-corrected chi connectivity index (χ0v) is 9.81. The van der Waals surface area contributed by atoms with Crippen LogP contribution in [0.25, 0.3) is 0 Å². The molecule has 1 N–H and O–H groups in total. The number of nitrogens with zero attached hydrogens (tertiary/aromatic N) is 3. The highest BCUT2D eigenvalue weighted by molar-refractivity contribution is 5.88. The molecule has 0 bridgehead atoms. The molecule has 0 aliphatic carbocycles. The van der Waals surface area contributed by atoms with Crippen molar-refractivity contribution >= 4 is 11.8 Å². The Morgan fingerprint density at radius 3 is 2.89 bits per heavy atom. The molecule has 0 unspecified atom stereocenters. The predicted octanol–water partition coefficient (Wildman–Crippen LogP) is 1.82. The molecule has 0 fully saturated rings. The number of aromatic carboxylic acids is 1. The maximum atomic E-state index is 10.8. The number of carboxylic acid groups (broad SMARTS) is 1. The zero-order valence-electron chi connectivity index (χ0n) is 9.81. The number of aryl methyl sites for hydroxylation is 1. The number of nitro groups is 1. The van der Waals surface area contributed by atoms with Crippen LogP contribution in [0.2, 0.25) is 0 Å². The molecule has 8 nitrogen and oxygen atoms in total. The van der Waals surface area contributed by atoms with E-state index in [4.69, 9.17) is 9.84 Å². The number of benzene rings is 1. The summed E-state index contributed by atoms with van der Waals surface area (Å²) in [5.41, 5.74) is 0.0299. The number of hydrogen-bond donors (Lipinski definition) is 1. The van der Waals surface area contributed by atoms with Crippen molar-refractivity contribution in [1.82, 2.24) is 9.55 Å². The number of hydrogen-bond acceptors (Lipinski definition) is 5. The first-order valence-corrected chi connectivity index (χ1v) is 5.16. The van der Waals surface area contributed by atoms with Crippen molar-refractivity contribution in [2.75, 3.05) is 0 Å². The minimum atomic E-state index is -1.11. The summed E-state index contributed by atoms with van der Waals surface area (Å²) in [5.74, 6) is -1.41. The van der Waals surface area contributed by atoms with Gasteiger partial charge in [-0.1, -0.05) is 6.07 Å². The number of aromatic nitrogens is 2. The van der Waals surface area contributed by atoms with Crippen molar-refractivity contribution in [2.24, 2.45) is 7.05 Å². The molecular weight excluding hydrogens is 254 g/mol. The standard InChI is InChI=1S/C11H9N3O5/c1-13-6-12-9(14(17)18)10(13)19-8-4-2-3-7(5-8)11(15)16/h2-6H,1H3,(H,15,16). The molecule has 19 heavy (non-hydrogen) atoms. The molecule has 8 heteroatoms. The molecule has 1 aromatic heterocycles. The summed E-state index contributed by atoms with van der Waals surface area (Å²) in [6.45, 7) is 0. The fraction of sp³-hybridized carbons (Fsp3) is 0.0909. The van der Waals surface area contributed by atoms with Crippen molar-refractivity contribution in [2.45, 2.75) is 0 Å². The molecule has 0 saturated heterocycles. The van der Waals surface area contributed by atoms with Gasteiger partial charge < -0.3 is 20.0 Å². The minimum absolute atomic E-state index is 0.0299. The lowest BCUT2D eigenvalue weighted by Gasteiger charge is -2.05. The molecule has 0 saturated carbocycles. The molecule has 98 valence electrons. The average Bonchev–Trinajstić information content (AvgIpc) is 2.71. The summed E-state index contributed by atoms with van der Waals surface area (Å²) < 4.78 is 6.67. The van der Waals surface area contributed by atoms with Gasteiger partial charge in [-0.2, -0.15) is 0 Å². The zero-order chi connectivity index (χ0) is 14.0. The van der Waals surface area contributed by atoms with Crippen LogP contribution in [0.1, 0.15) is 10.4 Å². The van der Waals surface area contributed by atoms with Crippen molar-refractivity contribution in [3.8, 4) is 11.6 Å². The molecular formula is C11H9N3O5. The van der Waals surface area contributed by atoms with E-state index in [0.29, 0.717) is 0 Å². The second kappa shape index (κ2) is 4.77. The topological polar surface area (TPSA) is 107 Å². The first-order valence-electron chi connectivity index (χ1n) is 5.16. The van der Waals surface area contributed by atoms with E-state index in [1.165, 1.54) is 42.2 Å². The van der Waals surface area contributed by atoms with Crippen molar-refractivity contribution in [3.05, 3.63) is 46.3 Å². The van der Waals surface area contributed by atoms with Gasteiger partial charge in [0.05, 0.1) is 5.56 Å². The largest absolute Gasteiger partial charge is 0.478 e. The van der Waals surface area contributed by atoms with Gasteiger partial charge in [0.15, 0.2) is 0 Å². The summed E-state index contributed by atoms with van der Waals surface area (Å²) in [4.78, 5) is 24.5. The van der Waals surface area contributed by atoms with E-state index in [2.05, 4.69) is 4.98 Å². The van der Waals surface area contributed by atoms with Gasteiger partial charge >= 0.3 is 17.7 Å². The number of ether oxygens (including phenoxy) is 1. The van der Waals surface area contributed by atoms with Crippen LogP contribution in [0.15, 0.2) is 30.6 Å². The van der Waals surface area contributed by atoms with Crippen LogP contribution < -0.4 is 4.74 Å². The second-order valence-electron chi connectivity index (χ2n) is 3.68. The van der Waals surface area contributed by atoms with Gasteiger partial charge in [-0.05, 0) is 28.1 Å². The summed E-state index contributed by atoms with van der Waals surface area (Å²) in [6.07, 6.45) is 1.24. The quantitative estimate of drug-likeness (QED) is 0.665. The van der Waals surface area contributed by atoms with E-state index in [-0.39, 0.29) is 17.2 Å². The van der Waals surface area contributed by atoms with Crippen LogP contribution in [0.3, 0.4) is 0 Å². The third kappa shape index (κ3) is 2.51. The van der Waals surface area contributed by atoms with Gasteiger partial charge in [0.1, 0.15) is 5.75 Å². The Morgan fingerprint density at radius 2 is 2.26 bits per heavy atom. The van der Waals surface area contributed by atoms with Crippen molar-refractivity contribution in [1.29, 1.82) is 0 Å². The SMILES string of the molecule is Cn1cnc([N+](=O)[O-])c1Oc1cccc(C(=O)O)c1. The van der Waals surface area contributed by atoms with E-state index in [1.54, 1.807) is 0 Å². The molecule has 0 spiro atoms. The van der Waals surface area contributed by atoms with Gasteiger partial charge in [-0.25, -0.2) is 4.79 Å². The van der Waals surface area contributed by atoms with Gasteiger partial charge in [-0.15, -0.1) is 0 Å². The van der Waals surface area contributed by atoms with Crippen LogP contribution in [0.5, 0.6) is 11.6 Å². The first-order chi connectivity index (χ1) is 8.99. The van der Waals surface area contributed by atoms with E-state index in [0.717, 1.165) is 0 Å². The lowest BCUT2D eigenvalue weighted by atomic mass is 10.2. The molecule has 0 atom stereocenters. The molecule has 2 aromatic rings. The highest BCUT2D eigenvalue weighted by Gasteiger charge is 2.22. The Morgan fingerprint density at radius 1 is 1.53 bits per heavy atom. The Labute approximate surface area is 107 Å². The summed E-state index contributed by atoms with van der Waals surface area (Å²) in [5, 5.41) is 19.6. The average molecular weight is 263 g/mol. The van der Waals surface area contributed by atoms with Gasteiger partial charge in [0.25, 0.3) is 0 Å². The monoisotopic (exact) mass is 263 g/mol. The predicted molar refractivity (Wildman–Crippen MR) is 63.3 cm³/mol. The Balaban J connectivity index is 2.36. The number of rotatable bonds is 4. The smallest absolute Gasteiger partial charge is 0.427 e. The Bertz CT molecular complexity index is 650. The highest BCUT2D eigenvalue weighted by atomic mass is 16.6. The van der Waals surface area contributed by atoms with E-state index in [1.807, 2.05) is 0 Å². The molecule has 2 rings (SSSR count). The van der Waals surface area contributed by atoms with Crippen LogP contribution in [0, 0.1) is 10.1 Å². The summed E-state index contributed by atoms with van der Waals surface area (Å²) in [7, 11) is 1.54. The maximum Gasteiger partial charge on any atom is 0.427 e.